The lowest BCUT2D eigenvalue weighted by atomic mass is 10.2. The van der Waals surface area contributed by atoms with E-state index in [1.54, 1.807) is 17.0 Å². The normalized spacial score (nSPS) is 10.5. The third-order valence-electron chi connectivity index (χ3n) is 3.15. The Hall–Kier alpha value is -1.90. The van der Waals surface area contributed by atoms with Crippen LogP contribution in [0.3, 0.4) is 0 Å². The van der Waals surface area contributed by atoms with Crippen LogP contribution >= 0.6 is 0 Å². The molecule has 0 aliphatic carbocycles. The first kappa shape index (κ1) is 18.1. The number of aliphatic hydroxyl groups is 3. The van der Waals surface area contributed by atoms with Crippen molar-refractivity contribution < 1.29 is 20.2 Å². The molecular formula is C14H23N3O5. The highest BCUT2D eigenvalue weighted by Gasteiger charge is 2.17. The van der Waals surface area contributed by atoms with Crippen LogP contribution in [0, 0.1) is 10.1 Å². The summed E-state index contributed by atoms with van der Waals surface area (Å²) in [6, 6.07) is 4.81. The van der Waals surface area contributed by atoms with Crippen molar-refractivity contribution in [1.82, 2.24) is 0 Å². The molecule has 1 rings (SSSR count). The van der Waals surface area contributed by atoms with Crippen LogP contribution in [-0.2, 0) is 0 Å². The summed E-state index contributed by atoms with van der Waals surface area (Å²) < 4.78 is 0. The van der Waals surface area contributed by atoms with Gasteiger partial charge < -0.3 is 25.5 Å². The molecule has 0 unspecified atom stereocenters. The maximum atomic E-state index is 11.2. The highest BCUT2D eigenvalue weighted by Crippen LogP contribution is 2.29. The van der Waals surface area contributed by atoms with E-state index in [9.17, 15) is 10.1 Å². The van der Waals surface area contributed by atoms with Crippen LogP contribution in [0.4, 0.5) is 17.1 Å². The van der Waals surface area contributed by atoms with Crippen molar-refractivity contribution in [2.75, 3.05) is 49.7 Å². The summed E-state index contributed by atoms with van der Waals surface area (Å²) in [5.41, 5.74) is 0.970. The van der Waals surface area contributed by atoms with Gasteiger partial charge in [-0.05, 0) is 25.0 Å². The van der Waals surface area contributed by atoms with Crippen molar-refractivity contribution in [2.24, 2.45) is 0 Å². The van der Waals surface area contributed by atoms with Crippen molar-refractivity contribution in [3.05, 3.63) is 28.3 Å². The Kier molecular flexibility index (Phi) is 8.19. The van der Waals surface area contributed by atoms with E-state index in [1.807, 2.05) is 0 Å². The molecule has 8 nitrogen and oxygen atoms in total. The van der Waals surface area contributed by atoms with E-state index in [-0.39, 0.29) is 25.5 Å². The standard InChI is InChI=1S/C14H23N3O5/c18-8-1-5-15-13-4-3-12(11-14(13)17(21)22)16(7-10-20)6-2-9-19/h3-4,11,15,18-20H,1-2,5-10H2. The van der Waals surface area contributed by atoms with E-state index in [2.05, 4.69) is 5.32 Å². The first-order valence-electron chi connectivity index (χ1n) is 7.24. The molecule has 0 aromatic heterocycles. The van der Waals surface area contributed by atoms with Crippen LogP contribution < -0.4 is 10.2 Å². The number of nitro benzene ring substituents is 1. The van der Waals surface area contributed by atoms with Gasteiger partial charge in [-0.3, -0.25) is 10.1 Å². The van der Waals surface area contributed by atoms with Crippen LogP contribution in [0.15, 0.2) is 18.2 Å². The second kappa shape index (κ2) is 9.93. The Morgan fingerprint density at radius 1 is 1.09 bits per heavy atom. The van der Waals surface area contributed by atoms with E-state index in [4.69, 9.17) is 15.3 Å². The molecule has 0 bridgehead atoms. The van der Waals surface area contributed by atoms with Gasteiger partial charge in [0.15, 0.2) is 0 Å². The number of nitrogens with one attached hydrogen (secondary N) is 1. The van der Waals surface area contributed by atoms with Crippen LogP contribution in [0.5, 0.6) is 0 Å². The molecular weight excluding hydrogens is 290 g/mol. The molecule has 0 aliphatic rings. The monoisotopic (exact) mass is 313 g/mol. The van der Waals surface area contributed by atoms with Crippen LogP contribution in [0.2, 0.25) is 0 Å². The van der Waals surface area contributed by atoms with Gasteiger partial charge in [0.1, 0.15) is 5.69 Å². The minimum atomic E-state index is -0.464. The number of nitrogens with zero attached hydrogens (tertiary/aromatic N) is 2. The lowest BCUT2D eigenvalue weighted by molar-refractivity contribution is -0.383. The Labute approximate surface area is 129 Å². The van der Waals surface area contributed by atoms with E-state index >= 15 is 0 Å². The number of hydrogen-bond donors (Lipinski definition) is 4. The molecule has 0 saturated carbocycles. The quantitative estimate of drug-likeness (QED) is 0.268. The number of aliphatic hydroxyl groups excluding tert-OH is 3. The van der Waals surface area contributed by atoms with E-state index in [0.717, 1.165) is 0 Å². The van der Waals surface area contributed by atoms with Gasteiger partial charge in [0.25, 0.3) is 5.69 Å². The molecule has 0 radical (unpaired) electrons. The molecule has 1 aromatic rings. The molecule has 1 aromatic carbocycles. The van der Waals surface area contributed by atoms with Crippen molar-refractivity contribution in [3.8, 4) is 0 Å². The molecule has 0 spiro atoms. The Morgan fingerprint density at radius 2 is 1.82 bits per heavy atom. The molecule has 124 valence electrons. The lowest BCUT2D eigenvalue weighted by Gasteiger charge is -2.23. The topological polar surface area (TPSA) is 119 Å². The number of nitro groups is 1. The highest BCUT2D eigenvalue weighted by molar-refractivity contribution is 5.68. The Morgan fingerprint density at radius 3 is 2.41 bits per heavy atom. The Balaban J connectivity index is 2.95. The summed E-state index contributed by atoms with van der Waals surface area (Å²) >= 11 is 0. The van der Waals surface area contributed by atoms with Gasteiger partial charge in [-0.15, -0.1) is 0 Å². The van der Waals surface area contributed by atoms with Crippen molar-refractivity contribution in [1.29, 1.82) is 0 Å². The smallest absolute Gasteiger partial charge is 0.294 e. The van der Waals surface area contributed by atoms with Gasteiger partial charge in [-0.25, -0.2) is 0 Å². The third kappa shape index (κ3) is 5.47. The fraction of sp³-hybridized carbons (Fsp3) is 0.571. The fourth-order valence-corrected chi connectivity index (χ4v) is 2.07. The van der Waals surface area contributed by atoms with Gasteiger partial charge in [0.05, 0.1) is 11.5 Å². The minimum Gasteiger partial charge on any atom is -0.396 e. The average Bonchev–Trinajstić information content (AvgIpc) is 2.52. The zero-order valence-corrected chi connectivity index (χ0v) is 12.4. The molecule has 0 aliphatic heterocycles. The van der Waals surface area contributed by atoms with Crippen LogP contribution in [0.25, 0.3) is 0 Å². The summed E-state index contributed by atoms with van der Waals surface area (Å²) in [5.74, 6) is 0. The second-order valence-corrected chi connectivity index (χ2v) is 4.75. The van der Waals surface area contributed by atoms with Gasteiger partial charge in [-0.1, -0.05) is 0 Å². The predicted molar refractivity (Wildman–Crippen MR) is 84.3 cm³/mol. The maximum absolute atomic E-state index is 11.2. The first-order chi connectivity index (χ1) is 10.6. The largest absolute Gasteiger partial charge is 0.396 e. The summed E-state index contributed by atoms with van der Waals surface area (Å²) in [5, 5.41) is 40.9. The number of hydrogen-bond acceptors (Lipinski definition) is 7. The summed E-state index contributed by atoms with van der Waals surface area (Å²) in [6.45, 7) is 1.26. The summed E-state index contributed by atoms with van der Waals surface area (Å²) in [4.78, 5) is 12.5. The number of rotatable bonds is 11. The molecule has 4 N–H and O–H groups in total. The van der Waals surface area contributed by atoms with Gasteiger partial charge in [0, 0.05) is 44.6 Å². The number of anilines is 2. The second-order valence-electron chi connectivity index (χ2n) is 4.75. The lowest BCUT2D eigenvalue weighted by Crippen LogP contribution is -2.28. The summed E-state index contributed by atoms with van der Waals surface area (Å²) in [7, 11) is 0. The van der Waals surface area contributed by atoms with Crippen molar-refractivity contribution in [3.63, 3.8) is 0 Å². The maximum Gasteiger partial charge on any atom is 0.294 e. The minimum absolute atomic E-state index is 0.0182. The average molecular weight is 313 g/mol. The van der Waals surface area contributed by atoms with Gasteiger partial charge in [-0.2, -0.15) is 0 Å². The zero-order valence-electron chi connectivity index (χ0n) is 12.4. The van der Waals surface area contributed by atoms with Crippen LogP contribution in [-0.4, -0.2) is 59.7 Å². The molecule has 0 saturated heterocycles. The molecule has 0 amide bonds. The summed E-state index contributed by atoms with van der Waals surface area (Å²) in [6.07, 6.45) is 1.02. The molecule has 8 heteroatoms. The molecule has 0 atom stereocenters. The Bertz CT molecular complexity index is 470. The first-order valence-corrected chi connectivity index (χ1v) is 7.24. The van der Waals surface area contributed by atoms with Crippen LogP contribution in [0.1, 0.15) is 12.8 Å². The van der Waals surface area contributed by atoms with E-state index in [0.29, 0.717) is 43.9 Å². The van der Waals surface area contributed by atoms with Crippen molar-refractivity contribution >= 4 is 17.1 Å². The van der Waals surface area contributed by atoms with E-state index in [1.165, 1.54) is 6.07 Å². The third-order valence-corrected chi connectivity index (χ3v) is 3.15. The van der Waals surface area contributed by atoms with Crippen molar-refractivity contribution in [2.45, 2.75) is 12.8 Å². The highest BCUT2D eigenvalue weighted by atomic mass is 16.6. The molecule has 0 fully saturated rings. The van der Waals surface area contributed by atoms with Gasteiger partial charge >= 0.3 is 0 Å². The molecule has 22 heavy (non-hydrogen) atoms. The van der Waals surface area contributed by atoms with Gasteiger partial charge in [0.2, 0.25) is 0 Å². The fourth-order valence-electron chi connectivity index (χ4n) is 2.07. The van der Waals surface area contributed by atoms with E-state index < -0.39 is 4.92 Å². The number of benzene rings is 1. The molecule has 0 heterocycles. The predicted octanol–water partition coefficient (Wildman–Crippen LogP) is 0.570. The SMILES string of the molecule is O=[N+]([O-])c1cc(N(CCO)CCCO)ccc1NCCCO. The zero-order chi connectivity index (χ0) is 16.4.